The van der Waals surface area contributed by atoms with Gasteiger partial charge < -0.3 is 149 Å². The van der Waals surface area contributed by atoms with Crippen molar-refractivity contribution in [1.29, 1.82) is 0 Å². The molecule has 386 valence electrons. The van der Waals surface area contributed by atoms with Crippen molar-refractivity contribution < 1.29 is 149 Å². The van der Waals surface area contributed by atoms with Crippen LogP contribution in [-0.4, -0.2) is 321 Å². The maximum absolute atomic E-state index is 11.5. The highest BCUT2D eigenvalue weighted by Crippen LogP contribution is 2.44. The van der Waals surface area contributed by atoms with E-state index in [1.54, 1.807) is 0 Å². The van der Waals surface area contributed by atoms with E-state index in [0.29, 0.717) is 0 Å². The van der Waals surface area contributed by atoms with Crippen molar-refractivity contribution in [3.63, 3.8) is 0 Å². The van der Waals surface area contributed by atoms with E-state index in [0.717, 1.165) is 0 Å². The molecule has 19 N–H and O–H groups in total. The van der Waals surface area contributed by atoms with Gasteiger partial charge in [0.05, 0.1) is 46.2 Å². The van der Waals surface area contributed by atoms with Crippen molar-refractivity contribution in [3.05, 3.63) is 0 Å². The Morgan fingerprint density at radius 2 is 0.530 bits per heavy atom. The van der Waals surface area contributed by atoms with Gasteiger partial charge in [0, 0.05) is 0 Å². The third-order valence-corrected chi connectivity index (χ3v) is 12.9. The number of hydrogen-bond donors (Lipinski definition) is 19. The molecule has 6 aliphatic rings. The molecule has 0 bridgehead atoms. The molecule has 6 saturated heterocycles. The molecule has 0 amide bonds. The SMILES string of the molecule is OC[C@H]1O[C@@](CO)(OC[C@@]2(OC[C@@]3(OC[C@@]4(OC[C@@]5(OC[C@H]6O[C@H](CO)[C@@H](O)[C@@H]6O)O[C@H](CO)[C@@H](O)[C@@H]5O)O[C@H](CO)[C@@H](O)[C@@H]4O)O[C@H](CO)[C@@H](O)[C@@H]3O)O[C@H](CO)[C@@H](O)[C@@H]2O)[C@@H](O)[C@@H]1O. The molecule has 0 aromatic heterocycles. The largest absolute Gasteiger partial charge is 0.394 e. The van der Waals surface area contributed by atoms with Gasteiger partial charge >= 0.3 is 0 Å². The molecule has 0 radical (unpaired) electrons. The Morgan fingerprint density at radius 3 is 0.788 bits per heavy atom. The minimum Gasteiger partial charge on any atom is -0.394 e. The second kappa shape index (κ2) is 21.3. The second-order valence-corrected chi connectivity index (χ2v) is 16.9. The molecule has 0 unspecified atom stereocenters. The van der Waals surface area contributed by atoms with Gasteiger partial charge in [-0.25, -0.2) is 0 Å². The Bertz CT molecular complexity index is 1560. The minimum atomic E-state index is -2.85. The summed E-state index contributed by atoms with van der Waals surface area (Å²) in [7, 11) is 0. The van der Waals surface area contributed by atoms with Gasteiger partial charge in [0.15, 0.2) is 0 Å². The summed E-state index contributed by atoms with van der Waals surface area (Å²) in [4.78, 5) is 0. The predicted molar refractivity (Wildman–Crippen MR) is 198 cm³/mol. The Labute approximate surface area is 373 Å². The zero-order chi connectivity index (χ0) is 48.7. The lowest BCUT2D eigenvalue weighted by Gasteiger charge is -2.42. The van der Waals surface area contributed by atoms with Crippen molar-refractivity contribution in [2.75, 3.05) is 79.3 Å². The van der Waals surface area contributed by atoms with Crippen LogP contribution in [0.5, 0.6) is 0 Å². The number of aliphatic hydroxyl groups excluding tert-OH is 19. The molecule has 0 saturated carbocycles. The number of ether oxygens (including phenoxy) is 11. The van der Waals surface area contributed by atoms with E-state index in [2.05, 4.69) is 0 Å². The van der Waals surface area contributed by atoms with Crippen LogP contribution in [0.1, 0.15) is 0 Å². The summed E-state index contributed by atoms with van der Waals surface area (Å²) in [6.07, 6.45) is -35.0. The summed E-state index contributed by atoms with van der Waals surface area (Å²) in [6, 6.07) is 0. The van der Waals surface area contributed by atoms with Gasteiger partial charge in [0.1, 0.15) is 149 Å². The number of aliphatic hydroxyl groups is 19. The van der Waals surface area contributed by atoms with Crippen molar-refractivity contribution in [1.82, 2.24) is 0 Å². The van der Waals surface area contributed by atoms with Crippen LogP contribution in [-0.2, 0) is 52.1 Å². The molecule has 6 rings (SSSR count). The van der Waals surface area contributed by atoms with Crippen molar-refractivity contribution in [3.8, 4) is 0 Å². The van der Waals surface area contributed by atoms with Gasteiger partial charge in [-0.15, -0.1) is 0 Å². The van der Waals surface area contributed by atoms with E-state index >= 15 is 0 Å². The standard InChI is InChI=1S/C36H62O30/c37-1-13-20(44)21(45)19(61-13)7-56-33(28(52)23(47)15(3-39)63-33)9-58-35(30(54)25(49)17(5-41)65-35)11-60-36(31(55)26(50)18(6-42)66-36)12-59-34(29(53)24(48)16(4-40)64-34)10-57-32(8-43)27(51)22(46)14(2-38)62-32/h13-31,37-55H,1-12H2/t13-,14-,15-,16-,17-,18-,19-,20-,21-,22-,23-,24-,25-,26-,27+,28+,29+,30+,31+,32-,33-,34-,35-,36-/m1/s1. The zero-order valence-electron chi connectivity index (χ0n) is 34.9. The van der Waals surface area contributed by atoms with Crippen LogP contribution in [0.15, 0.2) is 0 Å². The Kier molecular flexibility index (Phi) is 17.4. The average molecular weight is 975 g/mol. The summed E-state index contributed by atoms with van der Waals surface area (Å²) in [5.41, 5.74) is 0. The van der Waals surface area contributed by atoms with Crippen LogP contribution in [0, 0.1) is 0 Å². The van der Waals surface area contributed by atoms with E-state index in [1.807, 2.05) is 0 Å². The topological polar surface area (TPSA) is 486 Å². The van der Waals surface area contributed by atoms with Gasteiger partial charge in [-0.3, -0.25) is 0 Å². The lowest BCUT2D eigenvalue weighted by molar-refractivity contribution is -0.384. The van der Waals surface area contributed by atoms with Gasteiger partial charge in [-0.1, -0.05) is 0 Å². The van der Waals surface area contributed by atoms with E-state index in [1.165, 1.54) is 0 Å². The van der Waals surface area contributed by atoms with Gasteiger partial charge in [0.2, 0.25) is 28.9 Å². The first-order chi connectivity index (χ1) is 31.2. The third kappa shape index (κ3) is 9.51. The second-order valence-electron chi connectivity index (χ2n) is 16.9. The maximum Gasteiger partial charge on any atom is 0.222 e. The summed E-state index contributed by atoms with van der Waals surface area (Å²) in [6.45, 7) is -12.4. The van der Waals surface area contributed by atoms with Crippen LogP contribution in [0.3, 0.4) is 0 Å². The number of rotatable bonds is 22. The minimum absolute atomic E-state index is 0.728. The molecule has 0 aromatic rings. The Balaban J connectivity index is 1.30. The molecular formula is C36H62O30. The fourth-order valence-corrected chi connectivity index (χ4v) is 8.67. The van der Waals surface area contributed by atoms with E-state index in [4.69, 9.17) is 52.1 Å². The van der Waals surface area contributed by atoms with Crippen molar-refractivity contribution in [2.24, 2.45) is 0 Å². The molecule has 0 aromatic carbocycles. The van der Waals surface area contributed by atoms with Crippen molar-refractivity contribution >= 4 is 0 Å². The summed E-state index contributed by atoms with van der Waals surface area (Å²) < 4.78 is 62.9. The normalized spacial score (nSPS) is 51.8. The number of hydrogen-bond acceptors (Lipinski definition) is 30. The summed E-state index contributed by atoms with van der Waals surface area (Å²) in [5, 5.41) is 200. The molecule has 24 atom stereocenters. The van der Waals surface area contributed by atoms with Gasteiger partial charge in [-0.05, 0) is 0 Å². The molecule has 0 aliphatic carbocycles. The third-order valence-electron chi connectivity index (χ3n) is 12.9. The van der Waals surface area contributed by atoms with Crippen LogP contribution in [0.4, 0.5) is 0 Å². The van der Waals surface area contributed by atoms with Crippen LogP contribution < -0.4 is 0 Å². The highest BCUT2D eigenvalue weighted by Gasteiger charge is 2.66. The lowest BCUT2D eigenvalue weighted by atomic mass is 10.0. The molecule has 30 heteroatoms. The van der Waals surface area contributed by atoms with Crippen LogP contribution in [0.25, 0.3) is 0 Å². The quantitative estimate of drug-likeness (QED) is 0.0479. The fraction of sp³-hybridized carbons (Fsp3) is 1.00. The van der Waals surface area contributed by atoms with Crippen molar-refractivity contribution in [2.45, 2.75) is 145 Å². The molecule has 0 spiro atoms. The molecule has 6 fully saturated rings. The highest BCUT2D eigenvalue weighted by molar-refractivity contribution is 5.05. The lowest BCUT2D eigenvalue weighted by Crippen LogP contribution is -2.60. The highest BCUT2D eigenvalue weighted by atomic mass is 16.8. The first-order valence-corrected chi connectivity index (χ1v) is 20.8. The molecule has 30 nitrogen and oxygen atoms in total. The van der Waals surface area contributed by atoms with Crippen LogP contribution in [0.2, 0.25) is 0 Å². The van der Waals surface area contributed by atoms with Gasteiger partial charge in [-0.2, -0.15) is 0 Å². The van der Waals surface area contributed by atoms with E-state index in [-0.39, 0.29) is 0 Å². The Hall–Kier alpha value is -1.20. The maximum atomic E-state index is 11.5. The first-order valence-electron chi connectivity index (χ1n) is 20.8. The molecule has 66 heavy (non-hydrogen) atoms. The van der Waals surface area contributed by atoms with Crippen LogP contribution >= 0.6 is 0 Å². The van der Waals surface area contributed by atoms with E-state index < -0.39 is 224 Å². The fourth-order valence-electron chi connectivity index (χ4n) is 8.67. The zero-order valence-corrected chi connectivity index (χ0v) is 34.9. The Morgan fingerprint density at radius 1 is 0.288 bits per heavy atom. The summed E-state index contributed by atoms with van der Waals surface area (Å²) in [5.74, 6) is -13.6. The molecule has 6 aliphatic heterocycles. The molecule has 6 heterocycles. The summed E-state index contributed by atoms with van der Waals surface area (Å²) >= 11 is 0. The van der Waals surface area contributed by atoms with Gasteiger partial charge in [0.25, 0.3) is 0 Å². The smallest absolute Gasteiger partial charge is 0.222 e. The molecular weight excluding hydrogens is 912 g/mol. The predicted octanol–water partition coefficient (Wildman–Crippen LogP) is -13.4. The average Bonchev–Trinajstić information content (AvgIpc) is 4.06. The first kappa shape index (κ1) is 54.1. The monoisotopic (exact) mass is 974 g/mol. The van der Waals surface area contributed by atoms with E-state index in [9.17, 15) is 97.0 Å².